The van der Waals surface area contributed by atoms with Crippen LogP contribution in [0.5, 0.6) is 5.75 Å². The molecule has 1 aromatic carbocycles. The van der Waals surface area contributed by atoms with Crippen LogP contribution < -0.4 is 4.90 Å². The van der Waals surface area contributed by atoms with Crippen molar-refractivity contribution in [3.8, 4) is 5.75 Å². The molecule has 4 nitrogen and oxygen atoms in total. The lowest BCUT2D eigenvalue weighted by atomic mass is 9.86. The molecule has 1 heterocycles. The Balaban J connectivity index is 2.61. The molecule has 0 saturated carbocycles. The number of anilines is 1. The van der Waals surface area contributed by atoms with Crippen LogP contribution in [0.3, 0.4) is 0 Å². The van der Waals surface area contributed by atoms with Gasteiger partial charge in [0.25, 0.3) is 0 Å². The first-order chi connectivity index (χ1) is 8.80. The molecule has 5 heteroatoms. The van der Waals surface area contributed by atoms with Gasteiger partial charge in [-0.25, -0.2) is 0 Å². The van der Waals surface area contributed by atoms with Crippen LogP contribution >= 0.6 is 0 Å². The van der Waals surface area contributed by atoms with Gasteiger partial charge in [0.05, 0.1) is 34.3 Å². The number of hydrogen-bond donors (Lipinski definition) is 1. The summed E-state index contributed by atoms with van der Waals surface area (Å²) < 4.78 is 11.8. The van der Waals surface area contributed by atoms with Crippen LogP contribution in [0.15, 0.2) is 22.0 Å². The van der Waals surface area contributed by atoms with Gasteiger partial charge in [0, 0.05) is 12.8 Å². The van der Waals surface area contributed by atoms with Crippen molar-refractivity contribution in [2.75, 3.05) is 24.2 Å². The maximum Gasteiger partial charge on any atom is 0.155 e. The predicted octanol–water partition coefficient (Wildman–Crippen LogP) is 2.28. The summed E-state index contributed by atoms with van der Waals surface area (Å²) in [5, 5.41) is 10.3. The molecule has 0 bridgehead atoms. The third-order valence-electron chi connectivity index (χ3n) is 3.23. The summed E-state index contributed by atoms with van der Waals surface area (Å²) in [4.78, 5) is 6.55. The lowest BCUT2D eigenvalue weighted by molar-refractivity contribution is 0.460. The summed E-state index contributed by atoms with van der Waals surface area (Å²) in [6.07, 6.45) is 3.31. The Morgan fingerprint density at radius 3 is 2.53 bits per heavy atom. The van der Waals surface area contributed by atoms with E-state index in [1.807, 2.05) is 17.0 Å². The number of phenols is 1. The Labute approximate surface area is 116 Å². The van der Waals surface area contributed by atoms with E-state index in [1.165, 1.54) is 0 Å². The highest BCUT2D eigenvalue weighted by Crippen LogP contribution is 2.38. The van der Waals surface area contributed by atoms with Crippen molar-refractivity contribution in [2.24, 2.45) is 4.99 Å². The van der Waals surface area contributed by atoms with Gasteiger partial charge in [-0.3, -0.25) is 9.20 Å². The number of rotatable bonds is 2. The van der Waals surface area contributed by atoms with Gasteiger partial charge in [-0.1, -0.05) is 20.8 Å². The summed E-state index contributed by atoms with van der Waals surface area (Å²) >= 11 is 0. The van der Waals surface area contributed by atoms with Crippen LogP contribution in [0.1, 0.15) is 26.3 Å². The molecule has 0 fully saturated rings. The Morgan fingerprint density at radius 1 is 1.37 bits per heavy atom. The molecule has 0 spiro atoms. The maximum absolute atomic E-state index is 11.8. The molecule has 0 aliphatic carbocycles. The first kappa shape index (κ1) is 14.1. The van der Waals surface area contributed by atoms with Gasteiger partial charge in [0.1, 0.15) is 0 Å². The molecule has 0 amide bonds. The second-order valence-corrected chi connectivity index (χ2v) is 7.11. The zero-order chi connectivity index (χ0) is 14.2. The van der Waals surface area contributed by atoms with E-state index in [0.29, 0.717) is 10.6 Å². The van der Waals surface area contributed by atoms with Crippen molar-refractivity contribution in [3.63, 3.8) is 0 Å². The minimum absolute atomic E-state index is 0.0621. The van der Waals surface area contributed by atoms with E-state index in [1.54, 1.807) is 12.6 Å². The molecule has 104 valence electrons. The zero-order valence-electron chi connectivity index (χ0n) is 11.8. The van der Waals surface area contributed by atoms with Crippen LogP contribution in [-0.4, -0.2) is 35.0 Å². The summed E-state index contributed by atoms with van der Waals surface area (Å²) in [6.45, 7) is 7.78. The van der Waals surface area contributed by atoms with Crippen LogP contribution in [-0.2, 0) is 16.2 Å². The highest BCUT2D eigenvalue weighted by molar-refractivity contribution is 7.84. The second-order valence-electron chi connectivity index (χ2n) is 5.76. The van der Waals surface area contributed by atoms with Gasteiger partial charge in [-0.15, -0.1) is 0 Å². The molecule has 0 radical (unpaired) electrons. The van der Waals surface area contributed by atoms with Gasteiger partial charge in [0.2, 0.25) is 0 Å². The van der Waals surface area contributed by atoms with Gasteiger partial charge in [0.15, 0.2) is 5.75 Å². The average Bonchev–Trinajstić information content (AvgIpc) is 2.80. The molecule has 1 aromatic rings. The van der Waals surface area contributed by atoms with E-state index in [4.69, 9.17) is 0 Å². The van der Waals surface area contributed by atoms with E-state index >= 15 is 0 Å². The number of aliphatic imine (C=N–C) groups is 1. The first-order valence-electron chi connectivity index (χ1n) is 6.28. The third-order valence-corrected chi connectivity index (χ3v) is 4.16. The largest absolute Gasteiger partial charge is 0.505 e. The molecule has 2 rings (SSSR count). The van der Waals surface area contributed by atoms with Crippen LogP contribution in [0.4, 0.5) is 5.69 Å². The minimum atomic E-state index is -1.22. The van der Waals surface area contributed by atoms with Crippen molar-refractivity contribution in [1.29, 1.82) is 0 Å². The molecule has 0 aromatic heterocycles. The molecule has 1 aliphatic rings. The summed E-state index contributed by atoms with van der Waals surface area (Å²) in [5.74, 6) is 0.0992. The smallest absolute Gasteiger partial charge is 0.155 e. The first-order valence-corrected chi connectivity index (χ1v) is 7.84. The van der Waals surface area contributed by atoms with E-state index in [0.717, 1.165) is 18.7 Å². The van der Waals surface area contributed by atoms with E-state index in [-0.39, 0.29) is 11.2 Å². The second kappa shape index (κ2) is 4.96. The fourth-order valence-electron chi connectivity index (χ4n) is 2.03. The number of benzene rings is 1. The van der Waals surface area contributed by atoms with Crippen molar-refractivity contribution in [3.05, 3.63) is 17.7 Å². The molecule has 1 N–H and O–H groups in total. The van der Waals surface area contributed by atoms with Crippen molar-refractivity contribution >= 4 is 22.8 Å². The normalized spacial score (nSPS) is 16.9. The maximum atomic E-state index is 11.8. The van der Waals surface area contributed by atoms with Gasteiger partial charge < -0.3 is 10.0 Å². The van der Waals surface area contributed by atoms with Crippen LogP contribution in [0.25, 0.3) is 0 Å². The van der Waals surface area contributed by atoms with E-state index in [9.17, 15) is 9.32 Å². The van der Waals surface area contributed by atoms with Crippen molar-refractivity contribution < 1.29 is 9.32 Å². The highest BCUT2D eigenvalue weighted by Gasteiger charge is 2.23. The molecule has 1 atom stereocenters. The molecular formula is C14H20N2O2S. The van der Waals surface area contributed by atoms with E-state index < -0.39 is 10.8 Å². The summed E-state index contributed by atoms with van der Waals surface area (Å²) in [7, 11) is -1.22. The summed E-state index contributed by atoms with van der Waals surface area (Å²) in [6, 6.07) is 3.80. The molecule has 1 aliphatic heterocycles. The van der Waals surface area contributed by atoms with Gasteiger partial charge in [-0.05, 0) is 23.1 Å². The van der Waals surface area contributed by atoms with Crippen LogP contribution in [0, 0.1) is 0 Å². The molecular weight excluding hydrogens is 260 g/mol. The molecule has 19 heavy (non-hydrogen) atoms. The summed E-state index contributed by atoms with van der Waals surface area (Å²) in [5.41, 5.74) is 1.69. The van der Waals surface area contributed by atoms with E-state index in [2.05, 4.69) is 25.8 Å². The minimum Gasteiger partial charge on any atom is -0.505 e. The number of nitrogens with zero attached hydrogens (tertiary/aromatic N) is 2. The average molecular weight is 280 g/mol. The number of hydrogen-bond acceptors (Lipinski definition) is 4. The number of phenolic OH excluding ortho intramolecular Hbond substituents is 1. The predicted molar refractivity (Wildman–Crippen MR) is 79.8 cm³/mol. The Hall–Kier alpha value is -1.36. The topological polar surface area (TPSA) is 52.9 Å². The van der Waals surface area contributed by atoms with Crippen molar-refractivity contribution in [1.82, 2.24) is 0 Å². The Kier molecular flexibility index (Phi) is 3.67. The number of aromatic hydroxyl groups is 1. The van der Waals surface area contributed by atoms with Gasteiger partial charge in [-0.2, -0.15) is 0 Å². The Bertz CT molecular complexity index is 547. The standard InChI is InChI=1S/C14H20N2O2S/c1-14(2,3)10-7-11(16-6-5-15-9-16)13(17)12(8-10)19(4)18/h7-9,17H,5-6H2,1-4H3. The quantitative estimate of drug-likeness (QED) is 0.904. The molecule has 0 saturated heterocycles. The fourth-order valence-corrected chi connectivity index (χ4v) is 2.70. The Morgan fingerprint density at radius 2 is 2.05 bits per heavy atom. The van der Waals surface area contributed by atoms with Crippen LogP contribution in [0.2, 0.25) is 0 Å². The monoisotopic (exact) mass is 280 g/mol. The zero-order valence-corrected chi connectivity index (χ0v) is 12.6. The fraction of sp³-hybridized carbons (Fsp3) is 0.500. The SMILES string of the molecule is CS(=O)c1cc(C(C)(C)C)cc(N2C=NCC2)c1O. The highest BCUT2D eigenvalue weighted by atomic mass is 32.2. The van der Waals surface area contributed by atoms with Crippen molar-refractivity contribution in [2.45, 2.75) is 31.1 Å². The lowest BCUT2D eigenvalue weighted by Gasteiger charge is -2.24. The third kappa shape index (κ3) is 2.81. The van der Waals surface area contributed by atoms with Gasteiger partial charge >= 0.3 is 0 Å². The lowest BCUT2D eigenvalue weighted by Crippen LogP contribution is -2.20. The molecule has 1 unspecified atom stereocenters.